The highest BCUT2D eigenvalue weighted by atomic mass is 35.5. The largest absolute Gasteiger partial charge is 0.489 e. The molecule has 4 aliphatic heterocycles. The van der Waals surface area contributed by atoms with Crippen LogP contribution in [0.4, 0.5) is 19.4 Å². The SMILES string of the molecule is CC(C)(C)OC(=O)N1CCN2C(=O)c3c(N4CC(N5CCC(F)(F)C5)CC4(C)C)nc(Cl)c(Cl)c3OCC2C1. The zero-order valence-corrected chi connectivity index (χ0v) is 24.4. The fourth-order valence-corrected chi connectivity index (χ4v) is 6.37. The van der Waals surface area contributed by atoms with E-state index in [1.165, 1.54) is 0 Å². The summed E-state index contributed by atoms with van der Waals surface area (Å²) in [6.45, 7) is 10.8. The monoisotopic (exact) mass is 589 g/mol. The van der Waals surface area contributed by atoms with E-state index < -0.39 is 29.2 Å². The molecule has 216 valence electrons. The van der Waals surface area contributed by atoms with Crippen LogP contribution in [0.2, 0.25) is 10.2 Å². The Bertz CT molecular complexity index is 1180. The normalized spacial score (nSPS) is 26.7. The molecule has 0 saturated carbocycles. The number of nitrogens with zero attached hydrogens (tertiary/aromatic N) is 5. The van der Waals surface area contributed by atoms with Crippen LogP contribution in [0.1, 0.15) is 57.8 Å². The van der Waals surface area contributed by atoms with Crippen molar-refractivity contribution >= 4 is 41.0 Å². The number of aromatic nitrogens is 1. The molecule has 2 atom stereocenters. The van der Waals surface area contributed by atoms with Crippen LogP contribution < -0.4 is 9.64 Å². The number of rotatable bonds is 2. The lowest BCUT2D eigenvalue weighted by atomic mass is 9.99. The number of pyridine rings is 1. The summed E-state index contributed by atoms with van der Waals surface area (Å²) in [6, 6.07) is -0.563. The molecule has 4 aliphatic rings. The average molecular weight is 590 g/mol. The molecule has 5 rings (SSSR count). The number of likely N-dealkylation sites (tertiary alicyclic amines) is 1. The first-order chi connectivity index (χ1) is 18.1. The second-order valence-electron chi connectivity index (χ2n) is 12.5. The first-order valence-corrected chi connectivity index (χ1v) is 14.0. The van der Waals surface area contributed by atoms with Gasteiger partial charge in [0.05, 0.1) is 12.6 Å². The van der Waals surface area contributed by atoms with Gasteiger partial charge >= 0.3 is 6.09 Å². The van der Waals surface area contributed by atoms with E-state index in [2.05, 4.69) is 4.98 Å². The number of fused-ring (bicyclic) bond motifs is 2. The first-order valence-electron chi connectivity index (χ1n) is 13.3. The lowest BCUT2D eigenvalue weighted by molar-refractivity contribution is 0.000924. The van der Waals surface area contributed by atoms with Crippen molar-refractivity contribution in [2.24, 2.45) is 0 Å². The number of piperazine rings is 1. The second kappa shape index (κ2) is 9.76. The van der Waals surface area contributed by atoms with Gasteiger partial charge in [-0.2, -0.15) is 0 Å². The lowest BCUT2D eigenvalue weighted by Gasteiger charge is -2.40. The number of hydrogen-bond acceptors (Lipinski definition) is 7. The number of ether oxygens (including phenoxy) is 2. The molecule has 2 unspecified atom stereocenters. The van der Waals surface area contributed by atoms with Crippen molar-refractivity contribution in [2.45, 2.75) is 76.6 Å². The van der Waals surface area contributed by atoms with Crippen molar-refractivity contribution in [1.29, 1.82) is 0 Å². The number of hydrogen-bond donors (Lipinski definition) is 0. The summed E-state index contributed by atoms with van der Waals surface area (Å²) < 4.78 is 39.6. The molecule has 3 saturated heterocycles. The van der Waals surface area contributed by atoms with Gasteiger partial charge in [-0.25, -0.2) is 18.6 Å². The molecule has 0 spiro atoms. The Labute approximate surface area is 237 Å². The van der Waals surface area contributed by atoms with E-state index in [-0.39, 0.29) is 66.1 Å². The summed E-state index contributed by atoms with van der Waals surface area (Å²) in [4.78, 5) is 38.4. The maximum absolute atomic E-state index is 14.1. The smallest absolute Gasteiger partial charge is 0.410 e. The van der Waals surface area contributed by atoms with Crippen LogP contribution in [0.25, 0.3) is 0 Å². The van der Waals surface area contributed by atoms with Gasteiger partial charge in [-0.05, 0) is 41.0 Å². The Balaban J connectivity index is 1.44. The van der Waals surface area contributed by atoms with Crippen LogP contribution >= 0.6 is 23.2 Å². The molecule has 1 aromatic rings. The van der Waals surface area contributed by atoms with E-state index in [0.29, 0.717) is 31.9 Å². The molecule has 1 aromatic heterocycles. The minimum absolute atomic E-state index is 0.000394. The predicted octanol–water partition coefficient (Wildman–Crippen LogP) is 4.54. The van der Waals surface area contributed by atoms with Crippen molar-refractivity contribution in [2.75, 3.05) is 50.8 Å². The van der Waals surface area contributed by atoms with Gasteiger partial charge in [-0.3, -0.25) is 9.69 Å². The zero-order valence-electron chi connectivity index (χ0n) is 22.9. The molecule has 0 radical (unpaired) electrons. The minimum atomic E-state index is -2.70. The summed E-state index contributed by atoms with van der Waals surface area (Å²) in [6.07, 6.45) is 0.0106. The van der Waals surface area contributed by atoms with Crippen LogP contribution in [0.3, 0.4) is 0 Å². The van der Waals surface area contributed by atoms with Gasteiger partial charge in [0.15, 0.2) is 10.9 Å². The van der Waals surface area contributed by atoms with E-state index in [1.54, 1.807) is 30.6 Å². The van der Waals surface area contributed by atoms with Crippen LogP contribution in [0.15, 0.2) is 0 Å². The first kappa shape index (κ1) is 28.4. The lowest BCUT2D eigenvalue weighted by Crippen LogP contribution is -2.58. The number of carbonyl (C=O) groups excluding carboxylic acids is 2. The van der Waals surface area contributed by atoms with Gasteiger partial charge in [0, 0.05) is 50.7 Å². The van der Waals surface area contributed by atoms with Crippen LogP contribution in [0.5, 0.6) is 5.75 Å². The molecule has 13 heteroatoms. The van der Waals surface area contributed by atoms with Crippen LogP contribution in [0, 0.1) is 0 Å². The highest BCUT2D eigenvalue weighted by Crippen LogP contribution is 2.46. The average Bonchev–Trinajstić information content (AvgIpc) is 3.30. The van der Waals surface area contributed by atoms with Gasteiger partial charge in [0.25, 0.3) is 11.8 Å². The molecule has 2 amide bonds. The van der Waals surface area contributed by atoms with Crippen molar-refractivity contribution in [3.63, 3.8) is 0 Å². The molecular formula is C26H35Cl2F2N5O4. The molecule has 39 heavy (non-hydrogen) atoms. The summed E-state index contributed by atoms with van der Waals surface area (Å²) >= 11 is 13.0. The number of halogens is 4. The number of anilines is 1. The summed E-state index contributed by atoms with van der Waals surface area (Å²) in [5.41, 5.74) is -0.934. The Kier molecular flexibility index (Phi) is 7.12. The highest BCUT2D eigenvalue weighted by Gasteiger charge is 2.49. The summed E-state index contributed by atoms with van der Waals surface area (Å²) in [5, 5.41) is 0.0424. The van der Waals surface area contributed by atoms with Crippen LogP contribution in [-0.2, 0) is 4.74 Å². The quantitative estimate of drug-likeness (QED) is 0.469. The third-order valence-corrected chi connectivity index (χ3v) is 8.62. The summed E-state index contributed by atoms with van der Waals surface area (Å²) in [5.74, 6) is -2.53. The van der Waals surface area contributed by atoms with Crippen molar-refractivity contribution in [3.8, 4) is 5.75 Å². The van der Waals surface area contributed by atoms with E-state index in [0.717, 1.165) is 0 Å². The van der Waals surface area contributed by atoms with Gasteiger partial charge in [0.1, 0.15) is 28.6 Å². The van der Waals surface area contributed by atoms with Gasteiger partial charge in [0.2, 0.25) is 0 Å². The molecule has 0 aromatic carbocycles. The fourth-order valence-electron chi connectivity index (χ4n) is 6.01. The minimum Gasteiger partial charge on any atom is -0.489 e. The third kappa shape index (κ3) is 5.46. The van der Waals surface area contributed by atoms with E-state index in [4.69, 9.17) is 32.7 Å². The highest BCUT2D eigenvalue weighted by molar-refractivity contribution is 6.42. The van der Waals surface area contributed by atoms with Gasteiger partial charge < -0.3 is 24.2 Å². The van der Waals surface area contributed by atoms with Crippen molar-refractivity contribution < 1.29 is 27.8 Å². The second-order valence-corrected chi connectivity index (χ2v) is 13.2. The Morgan fingerprint density at radius 2 is 1.85 bits per heavy atom. The Hall–Kier alpha value is -2.11. The predicted molar refractivity (Wildman–Crippen MR) is 143 cm³/mol. The number of amides is 2. The maximum Gasteiger partial charge on any atom is 0.410 e. The number of carbonyl (C=O) groups is 2. The third-order valence-electron chi connectivity index (χ3n) is 7.89. The maximum atomic E-state index is 14.1. The van der Waals surface area contributed by atoms with Gasteiger partial charge in [-0.15, -0.1) is 0 Å². The molecule has 0 bridgehead atoms. The van der Waals surface area contributed by atoms with E-state index in [1.807, 2.05) is 23.6 Å². The zero-order chi connectivity index (χ0) is 28.5. The molecule has 3 fully saturated rings. The standard InChI is InChI=1S/C26H35Cl2F2N5O4/c1-24(2,3)39-23(37)32-8-9-34-16(11-32)13-38-19-17(22(34)36)21(31-20(28)18(19)27)35-12-15(10-25(35,4)5)33-7-6-26(29,30)14-33/h15-16H,6-14H2,1-5H3. The summed E-state index contributed by atoms with van der Waals surface area (Å²) in [7, 11) is 0. The fraction of sp³-hybridized carbons (Fsp3) is 0.731. The van der Waals surface area contributed by atoms with Crippen LogP contribution in [-0.4, -0.2) is 107 Å². The molecule has 0 N–H and O–H groups in total. The van der Waals surface area contributed by atoms with E-state index in [9.17, 15) is 18.4 Å². The van der Waals surface area contributed by atoms with Crippen molar-refractivity contribution in [3.05, 3.63) is 15.7 Å². The molecule has 0 aliphatic carbocycles. The van der Waals surface area contributed by atoms with E-state index >= 15 is 0 Å². The Morgan fingerprint density at radius 3 is 2.49 bits per heavy atom. The Morgan fingerprint density at radius 1 is 1.13 bits per heavy atom. The number of alkyl halides is 2. The molecule has 5 heterocycles. The molecular weight excluding hydrogens is 555 g/mol. The molecule has 9 nitrogen and oxygen atoms in total. The topological polar surface area (TPSA) is 78.5 Å². The van der Waals surface area contributed by atoms with Gasteiger partial charge in [-0.1, -0.05) is 23.2 Å². The van der Waals surface area contributed by atoms with Crippen molar-refractivity contribution in [1.82, 2.24) is 19.7 Å².